The monoisotopic (exact) mass is 316 g/mol. The third kappa shape index (κ3) is 4.81. The number of hydrogen-bond acceptors (Lipinski definition) is 3. The van der Waals surface area contributed by atoms with E-state index in [9.17, 15) is 9.50 Å². The summed E-state index contributed by atoms with van der Waals surface area (Å²) in [6.07, 6.45) is 0. The van der Waals surface area contributed by atoms with Crippen LogP contribution in [0.25, 0.3) is 0 Å². The van der Waals surface area contributed by atoms with Crippen molar-refractivity contribution >= 4 is 12.9 Å². The van der Waals surface area contributed by atoms with Crippen molar-refractivity contribution < 1.29 is 18.9 Å². The highest BCUT2D eigenvalue weighted by atomic mass is 19.1. The van der Waals surface area contributed by atoms with Crippen LogP contribution in [0.2, 0.25) is 0 Å². The van der Waals surface area contributed by atoms with Crippen molar-refractivity contribution in [3.05, 3.63) is 54.3 Å². The van der Waals surface area contributed by atoms with Gasteiger partial charge in [0.1, 0.15) is 17.3 Å². The molecule has 0 amide bonds. The molecule has 1 N–H and O–H groups in total. The average Bonchev–Trinajstić information content (AvgIpc) is 2.48. The molecule has 122 valence electrons. The summed E-state index contributed by atoms with van der Waals surface area (Å²) in [5.41, 5.74) is -0.608. The van der Waals surface area contributed by atoms with Crippen LogP contribution >= 0.6 is 0 Å². The molecule has 0 radical (unpaired) electrons. The minimum absolute atomic E-state index is 0.292. The zero-order chi connectivity index (χ0) is 17.1. The number of halogens is 1. The highest BCUT2D eigenvalue weighted by molar-refractivity contribution is 6.47. The van der Waals surface area contributed by atoms with E-state index in [0.717, 1.165) is 5.46 Å². The maximum absolute atomic E-state index is 12.9. The Morgan fingerprint density at radius 1 is 0.870 bits per heavy atom. The lowest BCUT2D eigenvalue weighted by Gasteiger charge is -2.37. The largest absolute Gasteiger partial charge is 0.457 e. The molecule has 0 fully saturated rings. The second kappa shape index (κ2) is 6.73. The van der Waals surface area contributed by atoms with E-state index < -0.39 is 11.2 Å². The summed E-state index contributed by atoms with van der Waals surface area (Å²) in [6.45, 7) is 7.18. The predicted molar refractivity (Wildman–Crippen MR) is 91.2 cm³/mol. The molecule has 5 heteroatoms. The highest BCUT2D eigenvalue weighted by Crippen LogP contribution is 2.24. The molecule has 2 rings (SSSR count). The Morgan fingerprint density at radius 2 is 1.35 bits per heavy atom. The minimum Gasteiger partial charge on any atom is -0.457 e. The Hall–Kier alpha value is -1.85. The summed E-state index contributed by atoms with van der Waals surface area (Å²) in [4.78, 5) is 0. The van der Waals surface area contributed by atoms with Crippen LogP contribution in [-0.2, 0) is 4.65 Å². The van der Waals surface area contributed by atoms with Crippen molar-refractivity contribution in [3.8, 4) is 11.5 Å². The van der Waals surface area contributed by atoms with Crippen molar-refractivity contribution in [3.63, 3.8) is 0 Å². The molecule has 0 saturated carbocycles. The molecule has 0 heterocycles. The lowest BCUT2D eigenvalue weighted by atomic mass is 9.82. The van der Waals surface area contributed by atoms with Gasteiger partial charge in [-0.2, -0.15) is 0 Å². The normalized spacial score (nSPS) is 12.1. The van der Waals surface area contributed by atoms with Crippen LogP contribution < -0.4 is 10.2 Å². The number of benzene rings is 2. The van der Waals surface area contributed by atoms with Gasteiger partial charge in [0.2, 0.25) is 0 Å². The third-order valence-electron chi connectivity index (χ3n) is 4.05. The molecule has 0 aromatic heterocycles. The molecule has 0 aliphatic carbocycles. The van der Waals surface area contributed by atoms with Crippen LogP contribution in [0, 0.1) is 5.82 Å². The number of rotatable bonds is 6. The molecular formula is C18H22BFO3. The Balaban J connectivity index is 1.96. The fourth-order valence-corrected chi connectivity index (χ4v) is 1.73. The minimum atomic E-state index is -0.932. The van der Waals surface area contributed by atoms with Crippen LogP contribution in [0.1, 0.15) is 27.7 Å². The molecular weight excluding hydrogens is 294 g/mol. The van der Waals surface area contributed by atoms with Crippen molar-refractivity contribution in [2.24, 2.45) is 0 Å². The molecule has 23 heavy (non-hydrogen) atoms. The third-order valence-corrected chi connectivity index (χ3v) is 4.05. The summed E-state index contributed by atoms with van der Waals surface area (Å²) >= 11 is 0. The molecule has 0 aliphatic rings. The second-order valence-electron chi connectivity index (χ2n) is 6.56. The van der Waals surface area contributed by atoms with Gasteiger partial charge in [-0.1, -0.05) is 17.6 Å². The first-order valence-electron chi connectivity index (χ1n) is 7.56. The highest BCUT2D eigenvalue weighted by Gasteiger charge is 2.35. The van der Waals surface area contributed by atoms with E-state index in [1.54, 1.807) is 26.0 Å². The van der Waals surface area contributed by atoms with Crippen molar-refractivity contribution in [1.29, 1.82) is 0 Å². The zero-order valence-electron chi connectivity index (χ0n) is 14.0. The smallest absolute Gasteiger partial charge is 0.309 e. The zero-order valence-corrected chi connectivity index (χ0v) is 14.0. The Bertz CT molecular complexity index is 631. The molecule has 0 saturated heterocycles. The van der Waals surface area contributed by atoms with Crippen LogP contribution in [0.15, 0.2) is 48.5 Å². The van der Waals surface area contributed by atoms with Crippen molar-refractivity contribution in [2.75, 3.05) is 0 Å². The van der Waals surface area contributed by atoms with Crippen molar-refractivity contribution in [2.45, 2.75) is 38.9 Å². The summed E-state index contributed by atoms with van der Waals surface area (Å²) < 4.78 is 24.3. The van der Waals surface area contributed by atoms with E-state index in [4.69, 9.17) is 9.39 Å². The summed E-state index contributed by atoms with van der Waals surface area (Å²) in [5.74, 6) is 0.958. The van der Waals surface area contributed by atoms with E-state index in [2.05, 4.69) is 0 Å². The Kier molecular flexibility index (Phi) is 5.12. The van der Waals surface area contributed by atoms with Gasteiger partial charge in [0, 0.05) is 0 Å². The summed E-state index contributed by atoms with van der Waals surface area (Å²) in [6, 6.07) is 13.3. The molecule has 2 aromatic rings. The lowest BCUT2D eigenvalue weighted by Crippen LogP contribution is -2.49. The first kappa shape index (κ1) is 17.5. The fraction of sp³-hybridized carbons (Fsp3) is 0.333. The van der Waals surface area contributed by atoms with Gasteiger partial charge in [-0.15, -0.1) is 0 Å². The fourth-order valence-electron chi connectivity index (χ4n) is 1.73. The first-order valence-corrected chi connectivity index (χ1v) is 7.56. The van der Waals surface area contributed by atoms with E-state index in [1.807, 2.05) is 38.1 Å². The first-order chi connectivity index (χ1) is 10.7. The second-order valence-corrected chi connectivity index (χ2v) is 6.56. The van der Waals surface area contributed by atoms with Gasteiger partial charge in [-0.25, -0.2) is 4.39 Å². The maximum atomic E-state index is 12.9. The maximum Gasteiger partial charge on any atom is 0.309 e. The molecule has 0 bridgehead atoms. The molecule has 0 aliphatic heterocycles. The van der Waals surface area contributed by atoms with Crippen molar-refractivity contribution in [1.82, 2.24) is 0 Å². The quantitative estimate of drug-likeness (QED) is 0.832. The Morgan fingerprint density at radius 3 is 1.83 bits per heavy atom. The Labute approximate surface area is 137 Å². The molecule has 0 spiro atoms. The molecule has 0 atom stereocenters. The number of hydrogen-bond donors (Lipinski definition) is 1. The summed E-state index contributed by atoms with van der Waals surface area (Å²) in [7, 11) is 0.397. The van der Waals surface area contributed by atoms with E-state index >= 15 is 0 Å². The number of aliphatic hydroxyl groups is 1. The average molecular weight is 316 g/mol. The molecule has 3 nitrogen and oxygen atoms in total. The van der Waals surface area contributed by atoms with Gasteiger partial charge < -0.3 is 14.5 Å². The SMILES string of the molecule is CC(C)(O)C(C)(C)OBc1ccc(Oc2ccc(F)cc2)cc1. The van der Waals surface area contributed by atoms with Gasteiger partial charge in [0.15, 0.2) is 0 Å². The van der Waals surface area contributed by atoms with E-state index in [0.29, 0.717) is 19.0 Å². The van der Waals surface area contributed by atoms with Gasteiger partial charge in [0.25, 0.3) is 0 Å². The van der Waals surface area contributed by atoms with E-state index in [-0.39, 0.29) is 5.82 Å². The summed E-state index contributed by atoms with van der Waals surface area (Å²) in [5, 5.41) is 10.1. The predicted octanol–water partition coefficient (Wildman–Crippen LogP) is 3.16. The lowest BCUT2D eigenvalue weighted by molar-refractivity contribution is -0.0893. The van der Waals surface area contributed by atoms with Crippen LogP contribution in [-0.4, -0.2) is 23.8 Å². The van der Waals surface area contributed by atoms with E-state index in [1.165, 1.54) is 12.1 Å². The van der Waals surface area contributed by atoms with Gasteiger partial charge in [0.05, 0.1) is 11.2 Å². The topological polar surface area (TPSA) is 38.7 Å². The standard InChI is InChI=1S/C18H22BFO3/c1-17(2,21)18(3,4)23-19-13-5-9-15(10-6-13)22-16-11-7-14(20)8-12-16/h5-12,19,21H,1-4H3. The van der Waals surface area contributed by atoms with Crippen LogP contribution in [0.4, 0.5) is 4.39 Å². The van der Waals surface area contributed by atoms with Crippen LogP contribution in [0.3, 0.4) is 0 Å². The van der Waals surface area contributed by atoms with Crippen LogP contribution in [0.5, 0.6) is 11.5 Å². The van der Waals surface area contributed by atoms with Gasteiger partial charge in [-0.3, -0.25) is 0 Å². The van der Waals surface area contributed by atoms with Gasteiger partial charge >= 0.3 is 7.48 Å². The number of ether oxygens (including phenoxy) is 1. The molecule has 0 unspecified atom stereocenters. The molecule has 2 aromatic carbocycles. The van der Waals surface area contributed by atoms with Gasteiger partial charge in [-0.05, 0) is 64.1 Å².